The first-order valence-electron chi connectivity index (χ1n) is 6.21. The lowest BCUT2D eigenvalue weighted by Gasteiger charge is -2.07. The van der Waals surface area contributed by atoms with Gasteiger partial charge in [0.1, 0.15) is 0 Å². The maximum absolute atomic E-state index is 11.6. The second-order valence-corrected chi connectivity index (χ2v) is 4.07. The van der Waals surface area contributed by atoms with Crippen LogP contribution in [0, 0.1) is 11.8 Å². The molecule has 0 saturated heterocycles. The molecule has 20 heavy (non-hydrogen) atoms. The van der Waals surface area contributed by atoms with Crippen molar-refractivity contribution in [3.8, 4) is 11.8 Å². The predicted octanol–water partition coefficient (Wildman–Crippen LogP) is -0.227. The first-order chi connectivity index (χ1) is 9.58. The summed E-state index contributed by atoms with van der Waals surface area (Å²) in [5.41, 5.74) is 17.2. The van der Waals surface area contributed by atoms with Crippen LogP contribution in [0.5, 0.6) is 0 Å². The molecule has 6 heteroatoms. The van der Waals surface area contributed by atoms with E-state index in [9.17, 15) is 9.59 Å². The van der Waals surface area contributed by atoms with Gasteiger partial charge in [0.05, 0.1) is 12.1 Å². The first kappa shape index (κ1) is 15.7. The fourth-order valence-electron chi connectivity index (χ4n) is 1.57. The first-order valence-corrected chi connectivity index (χ1v) is 6.21. The van der Waals surface area contributed by atoms with Crippen molar-refractivity contribution in [1.29, 1.82) is 0 Å². The molecule has 0 aliphatic rings. The van der Waals surface area contributed by atoms with Crippen LogP contribution in [0.15, 0.2) is 18.2 Å². The number of primary amides is 1. The quantitative estimate of drug-likeness (QED) is 0.554. The highest BCUT2D eigenvalue weighted by Gasteiger charge is 2.09. The molecular formula is C14H18N4O2. The third kappa shape index (κ3) is 4.72. The lowest BCUT2D eigenvalue weighted by molar-refractivity contribution is -0.116. The van der Waals surface area contributed by atoms with Gasteiger partial charge in [-0.1, -0.05) is 11.8 Å². The Morgan fingerprint density at radius 2 is 2.00 bits per heavy atom. The molecule has 0 aliphatic heterocycles. The number of carbonyl (C=O) groups excluding carboxylic acids is 2. The number of hydrogen-bond donors (Lipinski definition) is 4. The van der Waals surface area contributed by atoms with E-state index < -0.39 is 5.91 Å². The van der Waals surface area contributed by atoms with Gasteiger partial charge in [0.25, 0.3) is 0 Å². The second kappa shape index (κ2) is 7.94. The number of amides is 2. The van der Waals surface area contributed by atoms with Crippen LogP contribution in [0.1, 0.15) is 28.8 Å². The molecule has 2 amide bonds. The fraction of sp³-hybridized carbons (Fsp3) is 0.286. The summed E-state index contributed by atoms with van der Waals surface area (Å²) in [6, 6.07) is 4.73. The van der Waals surface area contributed by atoms with Gasteiger partial charge in [-0.15, -0.1) is 0 Å². The zero-order chi connectivity index (χ0) is 15.0. The average molecular weight is 274 g/mol. The Morgan fingerprint density at radius 3 is 2.60 bits per heavy atom. The SMILES string of the molecule is NCC#Cc1cc(NC(=O)CCCN)ccc1C(N)=O. The zero-order valence-electron chi connectivity index (χ0n) is 11.1. The molecule has 0 unspecified atom stereocenters. The molecular weight excluding hydrogens is 256 g/mol. The van der Waals surface area contributed by atoms with Crippen molar-refractivity contribution in [2.45, 2.75) is 12.8 Å². The molecule has 7 N–H and O–H groups in total. The number of nitrogens with one attached hydrogen (secondary N) is 1. The minimum absolute atomic E-state index is 0.139. The van der Waals surface area contributed by atoms with Crippen LogP contribution in [0.2, 0.25) is 0 Å². The van der Waals surface area contributed by atoms with E-state index in [1.54, 1.807) is 12.1 Å². The van der Waals surface area contributed by atoms with Crippen LogP contribution in [0.25, 0.3) is 0 Å². The van der Waals surface area contributed by atoms with Gasteiger partial charge in [0.15, 0.2) is 0 Å². The highest BCUT2D eigenvalue weighted by atomic mass is 16.1. The Labute approximate surface area is 117 Å². The highest BCUT2D eigenvalue weighted by Crippen LogP contribution is 2.15. The molecule has 106 valence electrons. The van der Waals surface area contributed by atoms with E-state index in [1.807, 2.05) is 0 Å². The van der Waals surface area contributed by atoms with E-state index >= 15 is 0 Å². The van der Waals surface area contributed by atoms with Gasteiger partial charge >= 0.3 is 0 Å². The van der Waals surface area contributed by atoms with Gasteiger partial charge in [0.2, 0.25) is 11.8 Å². The maximum Gasteiger partial charge on any atom is 0.249 e. The second-order valence-electron chi connectivity index (χ2n) is 4.07. The standard InChI is InChI=1S/C14H18N4O2/c15-7-1-3-10-9-11(5-6-12(10)14(17)20)18-13(19)4-2-8-16/h5-6,9H,2,4,7-8,15-16H2,(H2,17,20)(H,18,19). The van der Waals surface area contributed by atoms with Gasteiger partial charge in [-0.3, -0.25) is 9.59 Å². The minimum atomic E-state index is -0.577. The summed E-state index contributed by atoms with van der Waals surface area (Å²) in [7, 11) is 0. The number of nitrogens with two attached hydrogens (primary N) is 3. The van der Waals surface area contributed by atoms with E-state index in [4.69, 9.17) is 17.2 Å². The Balaban J connectivity index is 2.94. The molecule has 6 nitrogen and oxygen atoms in total. The molecule has 0 heterocycles. The highest BCUT2D eigenvalue weighted by molar-refractivity contribution is 5.97. The average Bonchev–Trinajstić information content (AvgIpc) is 2.42. The summed E-state index contributed by atoms with van der Waals surface area (Å²) in [6.07, 6.45) is 0.961. The Bertz CT molecular complexity index is 558. The molecule has 0 aliphatic carbocycles. The van der Waals surface area contributed by atoms with Gasteiger partial charge in [-0.2, -0.15) is 0 Å². The zero-order valence-corrected chi connectivity index (χ0v) is 11.1. The molecule has 0 fully saturated rings. The fourth-order valence-corrected chi connectivity index (χ4v) is 1.57. The largest absolute Gasteiger partial charge is 0.366 e. The van der Waals surface area contributed by atoms with Crippen LogP contribution < -0.4 is 22.5 Å². The van der Waals surface area contributed by atoms with E-state index in [0.717, 1.165) is 0 Å². The topological polar surface area (TPSA) is 124 Å². The molecule has 1 rings (SSSR count). The van der Waals surface area contributed by atoms with Crippen LogP contribution in [-0.4, -0.2) is 24.9 Å². The summed E-state index contributed by atoms with van der Waals surface area (Å²) in [4.78, 5) is 22.9. The van der Waals surface area contributed by atoms with E-state index in [0.29, 0.717) is 36.2 Å². The van der Waals surface area contributed by atoms with Crippen LogP contribution >= 0.6 is 0 Å². The number of benzene rings is 1. The van der Waals surface area contributed by atoms with E-state index in [1.165, 1.54) is 6.07 Å². The minimum Gasteiger partial charge on any atom is -0.366 e. The van der Waals surface area contributed by atoms with Crippen molar-refractivity contribution in [2.24, 2.45) is 17.2 Å². The molecule has 0 radical (unpaired) electrons. The molecule has 1 aromatic carbocycles. The predicted molar refractivity (Wildman–Crippen MR) is 77.8 cm³/mol. The molecule has 0 bridgehead atoms. The van der Waals surface area contributed by atoms with E-state index in [-0.39, 0.29) is 12.5 Å². The molecule has 0 spiro atoms. The summed E-state index contributed by atoms with van der Waals surface area (Å²) < 4.78 is 0. The maximum atomic E-state index is 11.6. The van der Waals surface area contributed by atoms with Crippen LogP contribution in [0.4, 0.5) is 5.69 Å². The summed E-state index contributed by atoms with van der Waals surface area (Å²) in [6.45, 7) is 0.631. The smallest absolute Gasteiger partial charge is 0.249 e. The molecule has 0 saturated carbocycles. The number of rotatable bonds is 5. The Morgan fingerprint density at radius 1 is 1.25 bits per heavy atom. The number of hydrogen-bond acceptors (Lipinski definition) is 4. The summed E-state index contributed by atoms with van der Waals surface area (Å²) in [5, 5.41) is 2.71. The summed E-state index contributed by atoms with van der Waals surface area (Å²) >= 11 is 0. The third-order valence-electron chi connectivity index (χ3n) is 2.50. The molecule has 0 atom stereocenters. The van der Waals surface area contributed by atoms with Crippen molar-refractivity contribution in [2.75, 3.05) is 18.4 Å². The Kier molecular flexibility index (Phi) is 6.23. The van der Waals surface area contributed by atoms with Gasteiger partial charge in [-0.25, -0.2) is 0 Å². The van der Waals surface area contributed by atoms with Crippen molar-refractivity contribution >= 4 is 17.5 Å². The van der Waals surface area contributed by atoms with Gasteiger partial charge < -0.3 is 22.5 Å². The molecule has 1 aromatic rings. The lowest BCUT2D eigenvalue weighted by atomic mass is 10.1. The normalized spacial score (nSPS) is 9.50. The van der Waals surface area contributed by atoms with Crippen molar-refractivity contribution in [1.82, 2.24) is 0 Å². The number of carbonyl (C=O) groups is 2. The van der Waals surface area contributed by atoms with Crippen molar-refractivity contribution in [3.05, 3.63) is 29.3 Å². The van der Waals surface area contributed by atoms with Crippen molar-refractivity contribution < 1.29 is 9.59 Å². The third-order valence-corrected chi connectivity index (χ3v) is 2.50. The van der Waals surface area contributed by atoms with Gasteiger partial charge in [-0.05, 0) is 31.2 Å². The van der Waals surface area contributed by atoms with E-state index in [2.05, 4.69) is 17.2 Å². The lowest BCUT2D eigenvalue weighted by Crippen LogP contribution is -2.15. The van der Waals surface area contributed by atoms with Crippen LogP contribution in [-0.2, 0) is 4.79 Å². The van der Waals surface area contributed by atoms with Crippen LogP contribution in [0.3, 0.4) is 0 Å². The monoisotopic (exact) mass is 274 g/mol. The number of anilines is 1. The Hall–Kier alpha value is -2.36. The van der Waals surface area contributed by atoms with Crippen molar-refractivity contribution in [3.63, 3.8) is 0 Å². The summed E-state index contributed by atoms with van der Waals surface area (Å²) in [5.74, 6) is 4.70. The van der Waals surface area contributed by atoms with Gasteiger partial charge in [0, 0.05) is 17.7 Å². The molecule has 0 aromatic heterocycles.